The minimum absolute atomic E-state index is 0.00193. The number of fused-ring (bicyclic) bond motifs is 1. The summed E-state index contributed by atoms with van der Waals surface area (Å²) < 4.78 is 2.19. The highest BCUT2D eigenvalue weighted by atomic mass is 16.1. The van der Waals surface area contributed by atoms with Crippen molar-refractivity contribution >= 4 is 16.9 Å². The van der Waals surface area contributed by atoms with Crippen LogP contribution in [0.1, 0.15) is 29.0 Å². The molecule has 1 aromatic heterocycles. The minimum Gasteiger partial charge on any atom is -0.352 e. The Morgan fingerprint density at radius 2 is 1.70 bits per heavy atom. The van der Waals surface area contributed by atoms with Crippen molar-refractivity contribution in [2.75, 3.05) is 19.6 Å². The highest BCUT2D eigenvalue weighted by molar-refractivity contribution is 5.94. The van der Waals surface area contributed by atoms with E-state index in [0.29, 0.717) is 18.0 Å². The molecule has 0 bridgehead atoms. The van der Waals surface area contributed by atoms with Gasteiger partial charge in [-0.3, -0.25) is 9.69 Å². The number of aromatic nitrogens is 2. The first-order valence-electron chi connectivity index (χ1n) is 11.7. The van der Waals surface area contributed by atoms with E-state index < -0.39 is 0 Å². The molecule has 4 aromatic rings. The molecule has 3 aromatic carbocycles. The maximum atomic E-state index is 12.7. The van der Waals surface area contributed by atoms with Gasteiger partial charge in [0.15, 0.2) is 0 Å². The van der Waals surface area contributed by atoms with Gasteiger partial charge in [0.2, 0.25) is 0 Å². The molecule has 5 nitrogen and oxygen atoms in total. The van der Waals surface area contributed by atoms with E-state index >= 15 is 0 Å². The van der Waals surface area contributed by atoms with Crippen molar-refractivity contribution in [3.63, 3.8) is 0 Å². The lowest BCUT2D eigenvalue weighted by molar-refractivity contribution is 0.0929. The summed E-state index contributed by atoms with van der Waals surface area (Å²) in [6.07, 6.45) is 2.29. The smallest absolute Gasteiger partial charge is 0.251 e. The zero-order chi connectivity index (χ0) is 22.6. The molecule has 0 unspecified atom stereocenters. The normalized spacial score (nSPS) is 16.7. The summed E-state index contributed by atoms with van der Waals surface area (Å²) in [6.45, 7) is 3.61. The Balaban J connectivity index is 1.16. The van der Waals surface area contributed by atoms with Crippen LogP contribution in [0.15, 0.2) is 78.9 Å². The Labute approximate surface area is 195 Å². The Morgan fingerprint density at radius 1 is 0.970 bits per heavy atom. The molecule has 1 N–H and O–H groups in total. The number of hydrogen-bond acceptors (Lipinski definition) is 3. The third-order valence-electron chi connectivity index (χ3n) is 6.65. The number of piperidine rings is 1. The molecule has 2 heterocycles. The average Bonchev–Trinajstić information content (AvgIpc) is 3.18. The van der Waals surface area contributed by atoms with Gasteiger partial charge in [-0.25, -0.2) is 4.98 Å². The van der Waals surface area contributed by atoms with Crippen LogP contribution in [0.2, 0.25) is 0 Å². The molecule has 1 atom stereocenters. The fourth-order valence-corrected chi connectivity index (χ4v) is 4.78. The number of aryl methyl sites for hydroxylation is 1. The van der Waals surface area contributed by atoms with Crippen LogP contribution in [-0.2, 0) is 13.6 Å². The minimum atomic E-state index is 0.00193. The van der Waals surface area contributed by atoms with Crippen molar-refractivity contribution in [2.24, 2.45) is 13.0 Å². The number of imidazole rings is 1. The summed E-state index contributed by atoms with van der Waals surface area (Å²) in [5, 5.41) is 3.16. The maximum absolute atomic E-state index is 12.7. The molecule has 0 radical (unpaired) electrons. The fraction of sp³-hybridized carbons (Fsp3) is 0.286. The van der Waals surface area contributed by atoms with Crippen LogP contribution >= 0.6 is 0 Å². The van der Waals surface area contributed by atoms with Crippen LogP contribution in [0.3, 0.4) is 0 Å². The number of hydrogen-bond donors (Lipinski definition) is 1. The highest BCUT2D eigenvalue weighted by Crippen LogP contribution is 2.21. The quantitative estimate of drug-likeness (QED) is 0.467. The summed E-state index contributed by atoms with van der Waals surface area (Å²) in [4.78, 5) is 20.0. The van der Waals surface area contributed by atoms with Gasteiger partial charge in [-0.15, -0.1) is 0 Å². The second-order valence-corrected chi connectivity index (χ2v) is 8.97. The number of amides is 1. The standard InChI is InChI=1S/C28H30N4O/c1-31-26-12-6-5-11-25(26)30-27(31)20-32-17-7-8-21(19-32)18-29-28(33)24-15-13-23(14-16-24)22-9-3-2-4-10-22/h2-6,9-16,21H,7-8,17-20H2,1H3,(H,29,33)/t21-/m0/s1. The molecule has 1 aliphatic rings. The summed E-state index contributed by atoms with van der Waals surface area (Å²) >= 11 is 0. The molecule has 5 rings (SSSR count). The Hall–Kier alpha value is -3.44. The lowest BCUT2D eigenvalue weighted by atomic mass is 9.97. The van der Waals surface area contributed by atoms with E-state index in [1.54, 1.807) is 0 Å². The molecule has 0 spiro atoms. The average molecular weight is 439 g/mol. The van der Waals surface area contributed by atoms with Crippen LogP contribution in [0.5, 0.6) is 0 Å². The maximum Gasteiger partial charge on any atom is 0.251 e. The number of benzene rings is 3. The first-order valence-corrected chi connectivity index (χ1v) is 11.7. The topological polar surface area (TPSA) is 50.2 Å². The summed E-state index contributed by atoms with van der Waals surface area (Å²) in [5.41, 5.74) is 5.21. The molecular weight excluding hydrogens is 408 g/mol. The summed E-state index contributed by atoms with van der Waals surface area (Å²) in [6, 6.07) is 26.4. The van der Waals surface area contributed by atoms with Gasteiger partial charge in [0.25, 0.3) is 5.91 Å². The molecule has 1 saturated heterocycles. The molecule has 5 heteroatoms. The van der Waals surface area contributed by atoms with Gasteiger partial charge in [-0.2, -0.15) is 0 Å². The second-order valence-electron chi connectivity index (χ2n) is 8.97. The van der Waals surface area contributed by atoms with Crippen molar-refractivity contribution in [1.29, 1.82) is 0 Å². The second kappa shape index (κ2) is 9.59. The molecule has 168 valence electrons. The van der Waals surface area contributed by atoms with Gasteiger partial charge in [-0.1, -0.05) is 54.6 Å². The molecule has 1 amide bonds. The van der Waals surface area contributed by atoms with E-state index in [0.717, 1.165) is 54.9 Å². The SMILES string of the molecule is Cn1c(CN2CCC[C@@H](CNC(=O)c3ccc(-c4ccccc4)cc3)C2)nc2ccccc21. The highest BCUT2D eigenvalue weighted by Gasteiger charge is 2.22. The molecule has 0 saturated carbocycles. The predicted molar refractivity (Wildman–Crippen MR) is 133 cm³/mol. The number of carbonyl (C=O) groups is 1. The lowest BCUT2D eigenvalue weighted by Gasteiger charge is -2.32. The Kier molecular flexibility index (Phi) is 6.22. The number of nitrogens with one attached hydrogen (secondary N) is 1. The zero-order valence-electron chi connectivity index (χ0n) is 19.1. The number of likely N-dealkylation sites (tertiary alicyclic amines) is 1. The molecule has 1 fully saturated rings. The van der Waals surface area contributed by atoms with Crippen LogP contribution in [0, 0.1) is 5.92 Å². The Bertz CT molecular complexity index is 1230. The van der Waals surface area contributed by atoms with Gasteiger partial charge in [0.05, 0.1) is 17.6 Å². The van der Waals surface area contributed by atoms with Crippen LogP contribution in [0.25, 0.3) is 22.2 Å². The third-order valence-corrected chi connectivity index (χ3v) is 6.65. The third kappa shape index (κ3) is 4.83. The number of carbonyl (C=O) groups excluding carboxylic acids is 1. The van der Waals surface area contributed by atoms with Gasteiger partial charge >= 0.3 is 0 Å². The van der Waals surface area contributed by atoms with Crippen molar-refractivity contribution in [3.05, 3.63) is 90.3 Å². The van der Waals surface area contributed by atoms with Crippen molar-refractivity contribution < 1.29 is 4.79 Å². The number of rotatable bonds is 6. The van der Waals surface area contributed by atoms with Crippen LogP contribution in [0.4, 0.5) is 0 Å². The van der Waals surface area contributed by atoms with Crippen molar-refractivity contribution in [3.8, 4) is 11.1 Å². The first kappa shape index (κ1) is 21.4. The van der Waals surface area contributed by atoms with E-state index in [1.807, 2.05) is 48.5 Å². The largest absolute Gasteiger partial charge is 0.352 e. The molecule has 1 aliphatic heterocycles. The molecule has 0 aliphatic carbocycles. The van der Waals surface area contributed by atoms with Crippen LogP contribution < -0.4 is 5.32 Å². The van der Waals surface area contributed by atoms with E-state index in [-0.39, 0.29) is 5.91 Å². The fourth-order valence-electron chi connectivity index (χ4n) is 4.78. The van der Waals surface area contributed by atoms with E-state index in [4.69, 9.17) is 4.98 Å². The van der Waals surface area contributed by atoms with Crippen molar-refractivity contribution in [2.45, 2.75) is 19.4 Å². The van der Waals surface area contributed by atoms with Gasteiger partial charge in [-0.05, 0) is 60.7 Å². The van der Waals surface area contributed by atoms with Gasteiger partial charge in [0.1, 0.15) is 5.82 Å². The zero-order valence-corrected chi connectivity index (χ0v) is 19.1. The van der Waals surface area contributed by atoms with Crippen molar-refractivity contribution in [1.82, 2.24) is 19.8 Å². The monoisotopic (exact) mass is 438 g/mol. The number of para-hydroxylation sites is 2. The lowest BCUT2D eigenvalue weighted by Crippen LogP contribution is -2.40. The molecular formula is C28H30N4O. The van der Waals surface area contributed by atoms with E-state index in [1.165, 1.54) is 5.52 Å². The first-order chi connectivity index (χ1) is 16.2. The van der Waals surface area contributed by atoms with E-state index in [9.17, 15) is 4.79 Å². The predicted octanol–water partition coefficient (Wildman–Crippen LogP) is 4.88. The van der Waals surface area contributed by atoms with Gasteiger partial charge in [0, 0.05) is 25.7 Å². The van der Waals surface area contributed by atoms with E-state index in [2.05, 4.69) is 52.2 Å². The van der Waals surface area contributed by atoms with Gasteiger partial charge < -0.3 is 9.88 Å². The Morgan fingerprint density at radius 3 is 2.48 bits per heavy atom. The van der Waals surface area contributed by atoms with Crippen LogP contribution in [-0.4, -0.2) is 40.0 Å². The summed E-state index contributed by atoms with van der Waals surface area (Å²) in [5.74, 6) is 1.56. The number of nitrogens with zero attached hydrogens (tertiary/aromatic N) is 3. The molecule has 33 heavy (non-hydrogen) atoms. The summed E-state index contributed by atoms with van der Waals surface area (Å²) in [7, 11) is 2.09.